The predicted octanol–water partition coefficient (Wildman–Crippen LogP) is 1.45. The van der Waals surface area contributed by atoms with Gasteiger partial charge >= 0.3 is 0 Å². The van der Waals surface area contributed by atoms with Crippen molar-refractivity contribution in [3.8, 4) is 0 Å². The van der Waals surface area contributed by atoms with Crippen molar-refractivity contribution in [2.45, 2.75) is 83.4 Å². The number of aliphatic hydroxyl groups excluding tert-OH is 1. The number of rotatable bonds is 11. The Bertz CT molecular complexity index is 516. The number of Topliss-reactive ketones (excluding diaryl/α,β-unsaturated/α-hetero) is 1. The SMILES string of the molecule is CC(C)[C@@H](C[C@H](O)[C@@H](N)CC1CCCCC1)C(=O)C(CC(N)=O)N1CCOCC1. The first-order valence-corrected chi connectivity index (χ1v) is 11.4. The molecule has 1 amide bonds. The van der Waals surface area contributed by atoms with E-state index in [1.807, 2.05) is 18.7 Å². The molecule has 5 N–H and O–H groups in total. The standard InChI is InChI=1S/C22H41N3O4/c1-15(2)17(13-20(26)18(23)12-16-6-4-3-5-7-16)22(28)19(14-21(24)27)25-8-10-29-11-9-25/h15-20,26H,3-14,23H2,1-2H3,(H2,24,27)/t17-,18+,19?,20+/m1/s1. The molecule has 1 saturated heterocycles. The van der Waals surface area contributed by atoms with Gasteiger partial charge in [0.2, 0.25) is 5.91 Å². The van der Waals surface area contributed by atoms with Gasteiger partial charge in [-0.1, -0.05) is 46.0 Å². The van der Waals surface area contributed by atoms with E-state index in [2.05, 4.69) is 0 Å². The molecule has 1 saturated carbocycles. The third-order valence-electron chi connectivity index (χ3n) is 6.70. The van der Waals surface area contributed by atoms with E-state index in [0.29, 0.717) is 38.6 Å². The molecule has 1 unspecified atom stereocenters. The number of amides is 1. The van der Waals surface area contributed by atoms with Gasteiger partial charge in [-0.3, -0.25) is 14.5 Å². The Hall–Kier alpha value is -1.02. The molecule has 168 valence electrons. The third kappa shape index (κ3) is 7.63. The van der Waals surface area contributed by atoms with Gasteiger partial charge in [0.05, 0.1) is 25.4 Å². The zero-order chi connectivity index (χ0) is 21.4. The van der Waals surface area contributed by atoms with Crippen LogP contribution in [0.4, 0.5) is 0 Å². The quantitative estimate of drug-likeness (QED) is 0.473. The number of carbonyl (C=O) groups is 2. The number of aliphatic hydroxyl groups is 1. The van der Waals surface area contributed by atoms with E-state index in [4.69, 9.17) is 16.2 Å². The minimum Gasteiger partial charge on any atom is -0.391 e. The Morgan fingerprint density at radius 3 is 2.31 bits per heavy atom. The lowest BCUT2D eigenvalue weighted by molar-refractivity contribution is -0.136. The Morgan fingerprint density at radius 1 is 1.14 bits per heavy atom. The van der Waals surface area contributed by atoms with Crippen molar-refractivity contribution >= 4 is 11.7 Å². The minimum absolute atomic E-state index is 0.00623. The van der Waals surface area contributed by atoms with Crippen LogP contribution in [0.3, 0.4) is 0 Å². The predicted molar refractivity (Wildman–Crippen MR) is 113 cm³/mol. The molecule has 29 heavy (non-hydrogen) atoms. The minimum atomic E-state index is -0.716. The molecule has 4 atom stereocenters. The summed E-state index contributed by atoms with van der Waals surface area (Å²) < 4.78 is 5.39. The summed E-state index contributed by atoms with van der Waals surface area (Å²) in [7, 11) is 0. The third-order valence-corrected chi connectivity index (χ3v) is 6.70. The second-order valence-electron chi connectivity index (χ2n) is 9.29. The van der Waals surface area contributed by atoms with Gasteiger partial charge in [-0.25, -0.2) is 0 Å². The summed E-state index contributed by atoms with van der Waals surface area (Å²) in [5, 5.41) is 10.8. The lowest BCUT2D eigenvalue weighted by Gasteiger charge is -2.36. The number of hydrogen-bond donors (Lipinski definition) is 3. The first-order valence-electron chi connectivity index (χ1n) is 11.4. The molecule has 7 nitrogen and oxygen atoms in total. The van der Waals surface area contributed by atoms with E-state index in [1.165, 1.54) is 32.1 Å². The van der Waals surface area contributed by atoms with Crippen molar-refractivity contribution in [3.63, 3.8) is 0 Å². The van der Waals surface area contributed by atoms with Crippen LogP contribution in [0.5, 0.6) is 0 Å². The molecule has 1 aliphatic heterocycles. The van der Waals surface area contributed by atoms with E-state index in [0.717, 1.165) is 6.42 Å². The van der Waals surface area contributed by atoms with Crippen molar-refractivity contribution in [2.24, 2.45) is 29.2 Å². The zero-order valence-electron chi connectivity index (χ0n) is 18.2. The highest BCUT2D eigenvalue weighted by Gasteiger charge is 2.36. The summed E-state index contributed by atoms with van der Waals surface area (Å²) in [6.45, 7) is 6.29. The Kier molecular flexibility index (Phi) is 10.0. The van der Waals surface area contributed by atoms with Crippen LogP contribution in [0.2, 0.25) is 0 Å². The summed E-state index contributed by atoms with van der Waals surface area (Å²) in [5.41, 5.74) is 11.8. The maximum atomic E-state index is 13.4. The average Bonchev–Trinajstić information content (AvgIpc) is 2.70. The molecule has 0 aromatic rings. The van der Waals surface area contributed by atoms with Crippen LogP contribution in [0.25, 0.3) is 0 Å². The lowest BCUT2D eigenvalue weighted by atomic mass is 9.79. The molecule has 1 aliphatic carbocycles. The molecule has 0 aromatic heterocycles. The molecule has 0 bridgehead atoms. The number of hydrogen-bond acceptors (Lipinski definition) is 6. The fraction of sp³-hybridized carbons (Fsp3) is 0.909. The summed E-state index contributed by atoms with van der Waals surface area (Å²) >= 11 is 0. The largest absolute Gasteiger partial charge is 0.391 e. The number of ketones is 1. The van der Waals surface area contributed by atoms with E-state index < -0.39 is 18.1 Å². The van der Waals surface area contributed by atoms with Crippen molar-refractivity contribution in [1.82, 2.24) is 4.90 Å². The van der Waals surface area contributed by atoms with Crippen LogP contribution in [0, 0.1) is 17.8 Å². The van der Waals surface area contributed by atoms with Crippen LogP contribution in [-0.2, 0) is 14.3 Å². The van der Waals surface area contributed by atoms with Gasteiger partial charge in [0.15, 0.2) is 5.78 Å². The molecular weight excluding hydrogens is 370 g/mol. The number of carbonyl (C=O) groups excluding carboxylic acids is 2. The smallest absolute Gasteiger partial charge is 0.219 e. The summed E-state index contributed by atoms with van der Waals surface area (Å²) in [4.78, 5) is 27.1. The average molecular weight is 412 g/mol. The lowest BCUT2D eigenvalue weighted by Crippen LogP contribution is -2.52. The highest BCUT2D eigenvalue weighted by Crippen LogP contribution is 2.30. The number of primary amides is 1. The van der Waals surface area contributed by atoms with Crippen molar-refractivity contribution < 1.29 is 19.4 Å². The van der Waals surface area contributed by atoms with Crippen molar-refractivity contribution in [3.05, 3.63) is 0 Å². The van der Waals surface area contributed by atoms with Gasteiger partial charge in [-0.15, -0.1) is 0 Å². The molecule has 2 rings (SSSR count). The normalized spacial score (nSPS) is 23.5. The zero-order valence-corrected chi connectivity index (χ0v) is 18.2. The van der Waals surface area contributed by atoms with Crippen molar-refractivity contribution in [1.29, 1.82) is 0 Å². The van der Waals surface area contributed by atoms with Crippen LogP contribution in [-0.4, -0.2) is 66.2 Å². The second-order valence-corrected chi connectivity index (χ2v) is 9.29. The molecule has 0 radical (unpaired) electrons. The molecule has 0 spiro atoms. The second kappa shape index (κ2) is 12.0. The highest BCUT2D eigenvalue weighted by atomic mass is 16.5. The maximum Gasteiger partial charge on any atom is 0.219 e. The van der Waals surface area contributed by atoms with Crippen LogP contribution < -0.4 is 11.5 Å². The molecular formula is C22H41N3O4. The van der Waals surface area contributed by atoms with Gasteiger partial charge in [-0.2, -0.15) is 0 Å². The first-order chi connectivity index (χ1) is 13.8. The van der Waals surface area contributed by atoms with Crippen LogP contribution in [0.15, 0.2) is 0 Å². The molecule has 0 aromatic carbocycles. The van der Waals surface area contributed by atoms with Crippen LogP contribution in [0.1, 0.15) is 65.2 Å². The number of ether oxygens (including phenoxy) is 1. The Balaban J connectivity index is 2.02. The number of nitrogens with zero attached hydrogens (tertiary/aromatic N) is 1. The first kappa shape index (κ1) is 24.3. The van der Waals surface area contributed by atoms with Gasteiger partial charge in [0.1, 0.15) is 0 Å². The topological polar surface area (TPSA) is 119 Å². The monoisotopic (exact) mass is 411 g/mol. The molecule has 1 heterocycles. The summed E-state index contributed by atoms with van der Waals surface area (Å²) in [6.07, 6.45) is 6.59. The maximum absolute atomic E-state index is 13.4. The highest BCUT2D eigenvalue weighted by molar-refractivity contribution is 5.91. The molecule has 7 heteroatoms. The molecule has 2 aliphatic rings. The fourth-order valence-corrected chi connectivity index (χ4v) is 4.85. The van der Waals surface area contributed by atoms with Gasteiger partial charge in [-0.05, 0) is 24.7 Å². The number of nitrogens with two attached hydrogens (primary N) is 2. The van der Waals surface area contributed by atoms with Crippen LogP contribution >= 0.6 is 0 Å². The Labute approximate surface area is 175 Å². The van der Waals surface area contributed by atoms with E-state index in [-0.39, 0.29) is 30.1 Å². The van der Waals surface area contributed by atoms with Gasteiger partial charge in [0, 0.05) is 31.5 Å². The van der Waals surface area contributed by atoms with E-state index in [9.17, 15) is 14.7 Å². The van der Waals surface area contributed by atoms with Crippen molar-refractivity contribution in [2.75, 3.05) is 26.3 Å². The number of morpholine rings is 1. The summed E-state index contributed by atoms with van der Waals surface area (Å²) in [5.74, 6) is -0.209. The van der Waals surface area contributed by atoms with Gasteiger partial charge < -0.3 is 21.3 Å². The fourth-order valence-electron chi connectivity index (χ4n) is 4.85. The summed E-state index contributed by atoms with van der Waals surface area (Å²) in [6, 6.07) is -0.865. The van der Waals surface area contributed by atoms with Gasteiger partial charge in [0.25, 0.3) is 0 Å². The van der Waals surface area contributed by atoms with E-state index in [1.54, 1.807) is 0 Å². The van der Waals surface area contributed by atoms with E-state index >= 15 is 0 Å². The molecule has 2 fully saturated rings. The Morgan fingerprint density at radius 2 is 1.76 bits per heavy atom.